The fourth-order valence-electron chi connectivity index (χ4n) is 4.62. The van der Waals surface area contributed by atoms with Gasteiger partial charge in [-0.1, -0.05) is 11.6 Å². The number of aromatic nitrogens is 1. The molecule has 0 spiro atoms. The molecule has 0 bridgehead atoms. The highest BCUT2D eigenvalue weighted by Crippen LogP contribution is 2.25. The molecule has 0 unspecified atom stereocenters. The summed E-state index contributed by atoms with van der Waals surface area (Å²) < 4.78 is 0. The van der Waals surface area contributed by atoms with E-state index in [1.54, 1.807) is 41.6 Å². The molecular formula is C25H29ClN4O3. The first-order valence-corrected chi connectivity index (χ1v) is 11.9. The number of nitrogens with zero attached hydrogens (tertiary/aromatic N) is 3. The lowest BCUT2D eigenvalue weighted by Gasteiger charge is -2.35. The quantitative estimate of drug-likeness (QED) is 0.706. The summed E-state index contributed by atoms with van der Waals surface area (Å²) in [6.45, 7) is 2.25. The zero-order valence-corrected chi connectivity index (χ0v) is 19.3. The van der Waals surface area contributed by atoms with Crippen LogP contribution in [0.25, 0.3) is 0 Å². The SMILES string of the molecule is O=C(NCCc1ccncc1)C1CCN(C(=O)[C@@H]2CCCN2C(=O)c2ccc(Cl)cc2)CC1. The Kier molecular flexibility index (Phi) is 7.60. The normalized spacial score (nSPS) is 18.9. The van der Waals surface area contributed by atoms with Crippen molar-refractivity contribution < 1.29 is 14.4 Å². The number of amides is 3. The molecule has 2 saturated heterocycles. The molecule has 1 aromatic heterocycles. The molecule has 1 atom stereocenters. The molecular weight excluding hydrogens is 440 g/mol. The zero-order chi connectivity index (χ0) is 23.2. The summed E-state index contributed by atoms with van der Waals surface area (Å²) in [5.41, 5.74) is 1.68. The van der Waals surface area contributed by atoms with Crippen LogP contribution in [-0.2, 0) is 16.0 Å². The highest BCUT2D eigenvalue weighted by molar-refractivity contribution is 6.30. The van der Waals surface area contributed by atoms with Gasteiger partial charge in [-0.05, 0) is 74.1 Å². The maximum atomic E-state index is 13.2. The molecule has 0 radical (unpaired) electrons. The predicted molar refractivity (Wildman–Crippen MR) is 126 cm³/mol. The van der Waals surface area contributed by atoms with E-state index in [1.165, 1.54) is 0 Å². The molecule has 0 saturated carbocycles. The van der Waals surface area contributed by atoms with Gasteiger partial charge in [0.05, 0.1) is 0 Å². The van der Waals surface area contributed by atoms with Crippen LogP contribution in [-0.4, -0.2) is 64.7 Å². The molecule has 0 aliphatic carbocycles. The number of pyridine rings is 1. The van der Waals surface area contributed by atoms with Crippen molar-refractivity contribution in [2.45, 2.75) is 38.1 Å². The highest BCUT2D eigenvalue weighted by atomic mass is 35.5. The van der Waals surface area contributed by atoms with Gasteiger partial charge in [0.25, 0.3) is 5.91 Å². The Morgan fingerprint density at radius 1 is 0.970 bits per heavy atom. The topological polar surface area (TPSA) is 82.6 Å². The minimum atomic E-state index is -0.432. The van der Waals surface area contributed by atoms with E-state index >= 15 is 0 Å². The van der Waals surface area contributed by atoms with Crippen molar-refractivity contribution in [3.63, 3.8) is 0 Å². The number of piperidine rings is 1. The molecule has 1 aromatic carbocycles. The molecule has 7 nitrogen and oxygen atoms in total. The van der Waals surface area contributed by atoms with E-state index in [0.29, 0.717) is 56.0 Å². The fourth-order valence-corrected chi connectivity index (χ4v) is 4.75. The van der Waals surface area contributed by atoms with E-state index in [4.69, 9.17) is 11.6 Å². The summed E-state index contributed by atoms with van der Waals surface area (Å²) in [5, 5.41) is 3.59. The van der Waals surface area contributed by atoms with Crippen LogP contribution in [0.4, 0.5) is 0 Å². The molecule has 2 aliphatic heterocycles. The second-order valence-corrected chi connectivity index (χ2v) is 9.10. The predicted octanol–water partition coefficient (Wildman–Crippen LogP) is 2.94. The number of benzene rings is 1. The second-order valence-electron chi connectivity index (χ2n) is 8.66. The summed E-state index contributed by atoms with van der Waals surface area (Å²) in [6, 6.07) is 10.2. The first-order chi connectivity index (χ1) is 16.0. The van der Waals surface area contributed by atoms with Gasteiger partial charge < -0.3 is 15.1 Å². The Morgan fingerprint density at radius 3 is 2.36 bits per heavy atom. The van der Waals surface area contributed by atoms with Crippen molar-refractivity contribution in [1.82, 2.24) is 20.1 Å². The summed E-state index contributed by atoms with van der Waals surface area (Å²) >= 11 is 5.93. The standard InChI is InChI=1S/C25H29ClN4O3/c26-21-5-3-20(4-6-21)24(32)30-15-1-2-22(30)25(33)29-16-10-19(11-17-29)23(31)28-14-9-18-7-12-27-13-8-18/h3-8,12-13,19,22H,1-2,9-11,14-17H2,(H,28,31)/t22-/m0/s1. The average molecular weight is 469 g/mol. The zero-order valence-electron chi connectivity index (χ0n) is 18.6. The van der Waals surface area contributed by atoms with Crippen LogP contribution in [0.15, 0.2) is 48.8 Å². The average Bonchev–Trinajstić information content (AvgIpc) is 3.34. The van der Waals surface area contributed by atoms with Crippen molar-refractivity contribution in [3.8, 4) is 0 Å². The second kappa shape index (κ2) is 10.8. The number of rotatable bonds is 6. The number of hydrogen-bond donors (Lipinski definition) is 1. The van der Waals surface area contributed by atoms with Crippen molar-refractivity contribution in [3.05, 3.63) is 64.9 Å². The largest absolute Gasteiger partial charge is 0.356 e. The molecule has 174 valence electrons. The third-order valence-corrected chi connectivity index (χ3v) is 6.78. The van der Waals surface area contributed by atoms with Gasteiger partial charge in [0.15, 0.2) is 0 Å². The van der Waals surface area contributed by atoms with Gasteiger partial charge in [-0.3, -0.25) is 19.4 Å². The van der Waals surface area contributed by atoms with E-state index in [2.05, 4.69) is 10.3 Å². The van der Waals surface area contributed by atoms with Gasteiger partial charge >= 0.3 is 0 Å². The third-order valence-electron chi connectivity index (χ3n) is 6.53. The summed E-state index contributed by atoms with van der Waals surface area (Å²) in [6.07, 6.45) is 7.04. The third kappa shape index (κ3) is 5.71. The molecule has 1 N–H and O–H groups in total. The van der Waals surface area contributed by atoms with Crippen molar-refractivity contribution in [1.29, 1.82) is 0 Å². The molecule has 33 heavy (non-hydrogen) atoms. The number of halogens is 1. The Labute approximate surface area is 199 Å². The Morgan fingerprint density at radius 2 is 1.67 bits per heavy atom. The molecule has 2 aliphatic rings. The van der Waals surface area contributed by atoms with Gasteiger partial charge in [0, 0.05) is 55.1 Å². The van der Waals surface area contributed by atoms with Gasteiger partial charge in [-0.25, -0.2) is 0 Å². The minimum Gasteiger partial charge on any atom is -0.356 e. The van der Waals surface area contributed by atoms with Crippen LogP contribution >= 0.6 is 11.6 Å². The highest BCUT2D eigenvalue weighted by Gasteiger charge is 2.38. The Bertz CT molecular complexity index is 975. The van der Waals surface area contributed by atoms with Crippen molar-refractivity contribution in [2.75, 3.05) is 26.2 Å². The van der Waals surface area contributed by atoms with Crippen LogP contribution in [0.5, 0.6) is 0 Å². The van der Waals surface area contributed by atoms with E-state index in [9.17, 15) is 14.4 Å². The van der Waals surface area contributed by atoms with Gasteiger partial charge in [-0.2, -0.15) is 0 Å². The van der Waals surface area contributed by atoms with Gasteiger partial charge in [0.2, 0.25) is 11.8 Å². The van der Waals surface area contributed by atoms with Crippen LogP contribution < -0.4 is 5.32 Å². The maximum Gasteiger partial charge on any atom is 0.254 e. The van der Waals surface area contributed by atoms with Crippen LogP contribution in [0, 0.1) is 5.92 Å². The molecule has 8 heteroatoms. The summed E-state index contributed by atoms with van der Waals surface area (Å²) in [5.74, 6) is -0.171. The Balaban J connectivity index is 1.26. The van der Waals surface area contributed by atoms with Gasteiger partial charge in [-0.15, -0.1) is 0 Å². The number of nitrogens with one attached hydrogen (secondary N) is 1. The lowest BCUT2D eigenvalue weighted by Crippen LogP contribution is -2.51. The lowest BCUT2D eigenvalue weighted by atomic mass is 9.95. The van der Waals surface area contributed by atoms with Crippen molar-refractivity contribution in [2.24, 2.45) is 5.92 Å². The van der Waals surface area contributed by atoms with Crippen LogP contribution in [0.1, 0.15) is 41.6 Å². The van der Waals surface area contributed by atoms with Crippen molar-refractivity contribution >= 4 is 29.3 Å². The molecule has 2 fully saturated rings. The molecule has 2 aromatic rings. The molecule has 4 rings (SSSR count). The van der Waals surface area contributed by atoms with E-state index in [0.717, 1.165) is 18.4 Å². The summed E-state index contributed by atoms with van der Waals surface area (Å²) in [4.78, 5) is 46.2. The fraction of sp³-hybridized carbons (Fsp3) is 0.440. The van der Waals surface area contributed by atoms with E-state index < -0.39 is 6.04 Å². The maximum absolute atomic E-state index is 13.2. The Hall–Kier alpha value is -2.93. The van der Waals surface area contributed by atoms with Crippen LogP contribution in [0.3, 0.4) is 0 Å². The lowest BCUT2D eigenvalue weighted by molar-refractivity contribution is -0.138. The minimum absolute atomic E-state index is 0.00800. The first kappa shape index (κ1) is 23.2. The number of carbonyl (C=O) groups is 3. The molecule has 3 heterocycles. The number of carbonyl (C=O) groups excluding carboxylic acids is 3. The molecule has 3 amide bonds. The smallest absolute Gasteiger partial charge is 0.254 e. The monoisotopic (exact) mass is 468 g/mol. The summed E-state index contributed by atoms with van der Waals surface area (Å²) in [7, 11) is 0. The number of likely N-dealkylation sites (tertiary alicyclic amines) is 2. The van der Waals surface area contributed by atoms with E-state index in [1.807, 2.05) is 17.0 Å². The number of hydrogen-bond acceptors (Lipinski definition) is 4. The van der Waals surface area contributed by atoms with E-state index in [-0.39, 0.29) is 23.6 Å². The van der Waals surface area contributed by atoms with Crippen LogP contribution in [0.2, 0.25) is 5.02 Å². The van der Waals surface area contributed by atoms with Gasteiger partial charge in [0.1, 0.15) is 6.04 Å². The first-order valence-electron chi connectivity index (χ1n) is 11.5.